The Bertz CT molecular complexity index is 443. The number of allylic oxidation sites excluding steroid dienone is 2. The van der Waals surface area contributed by atoms with Crippen LogP contribution in [0, 0.1) is 0 Å². The molecule has 1 aliphatic rings. The lowest BCUT2D eigenvalue weighted by atomic mass is 10.1. The van der Waals surface area contributed by atoms with Gasteiger partial charge in [0.15, 0.2) is 6.29 Å². The molecular formula is C11H9NO. The summed E-state index contributed by atoms with van der Waals surface area (Å²) in [6.45, 7) is 0. The van der Waals surface area contributed by atoms with Gasteiger partial charge in [-0.15, -0.1) is 5.73 Å². The monoisotopic (exact) mass is 171 g/mol. The Labute approximate surface area is 76.5 Å². The number of carbonyl (C=O) groups is 1. The molecule has 1 aliphatic carbocycles. The Balaban J connectivity index is 2.74. The topological polar surface area (TPSA) is 22.0 Å². The van der Waals surface area contributed by atoms with E-state index in [4.69, 9.17) is 0 Å². The third-order valence-electron chi connectivity index (χ3n) is 2.10. The summed E-state index contributed by atoms with van der Waals surface area (Å²) in [7, 11) is 1.92. The van der Waals surface area contributed by atoms with Crippen molar-refractivity contribution in [3.05, 3.63) is 40.9 Å². The molecule has 0 atom stereocenters. The van der Waals surface area contributed by atoms with Crippen LogP contribution < -0.4 is 0 Å². The number of aldehydes is 1. The highest BCUT2D eigenvalue weighted by atomic mass is 16.1. The van der Waals surface area contributed by atoms with Gasteiger partial charge in [-0.25, -0.2) is 0 Å². The van der Waals surface area contributed by atoms with Gasteiger partial charge >= 0.3 is 0 Å². The van der Waals surface area contributed by atoms with E-state index in [1.54, 1.807) is 0 Å². The Kier molecular flexibility index (Phi) is 1.76. The van der Waals surface area contributed by atoms with Gasteiger partial charge in [-0.2, -0.15) is 0 Å². The quantitative estimate of drug-likeness (QED) is 0.468. The van der Waals surface area contributed by atoms with Crippen LogP contribution in [0.2, 0.25) is 0 Å². The van der Waals surface area contributed by atoms with Gasteiger partial charge in [0.25, 0.3) is 0 Å². The van der Waals surface area contributed by atoms with Gasteiger partial charge in [0.1, 0.15) is 0 Å². The number of fused-ring (bicyclic) bond motifs is 1. The standard InChI is InChI=1S/C11H9NO/c1-12-7-9(8-13)10-5-3-2-4-6-11(10)12/h2-3,5-8H,1H3. The maximum Gasteiger partial charge on any atom is 0.152 e. The van der Waals surface area contributed by atoms with Crippen molar-refractivity contribution in [2.45, 2.75) is 0 Å². The fourth-order valence-corrected chi connectivity index (χ4v) is 1.47. The summed E-state index contributed by atoms with van der Waals surface area (Å²) in [6.07, 6.45) is 10.2. The lowest BCUT2D eigenvalue weighted by Crippen LogP contribution is -1.87. The molecule has 2 rings (SSSR count). The van der Waals surface area contributed by atoms with E-state index in [0.29, 0.717) is 0 Å². The van der Waals surface area contributed by atoms with E-state index >= 15 is 0 Å². The largest absolute Gasteiger partial charge is 0.349 e. The van der Waals surface area contributed by atoms with Crippen LogP contribution in [0.15, 0.2) is 24.1 Å². The highest BCUT2D eigenvalue weighted by Gasteiger charge is 2.08. The van der Waals surface area contributed by atoms with Crippen molar-refractivity contribution in [3.8, 4) is 0 Å². The molecule has 0 aromatic carbocycles. The smallest absolute Gasteiger partial charge is 0.152 e. The van der Waals surface area contributed by atoms with Crippen LogP contribution in [0.25, 0.3) is 12.2 Å². The number of hydrogen-bond donors (Lipinski definition) is 0. The van der Waals surface area contributed by atoms with Crippen LogP contribution in [0.4, 0.5) is 0 Å². The van der Waals surface area contributed by atoms with Crippen molar-refractivity contribution in [1.29, 1.82) is 0 Å². The van der Waals surface area contributed by atoms with E-state index in [9.17, 15) is 4.79 Å². The van der Waals surface area contributed by atoms with Crippen LogP contribution in [-0.2, 0) is 7.05 Å². The molecule has 1 aromatic rings. The molecule has 0 unspecified atom stereocenters. The summed E-state index contributed by atoms with van der Waals surface area (Å²) in [5, 5.41) is 0. The fourth-order valence-electron chi connectivity index (χ4n) is 1.47. The second-order valence-corrected chi connectivity index (χ2v) is 2.95. The molecule has 2 heteroatoms. The van der Waals surface area contributed by atoms with Crippen LogP contribution in [0.5, 0.6) is 0 Å². The summed E-state index contributed by atoms with van der Waals surface area (Å²) >= 11 is 0. The molecule has 0 bridgehead atoms. The van der Waals surface area contributed by atoms with Gasteiger partial charge in [0.05, 0.1) is 5.69 Å². The maximum absolute atomic E-state index is 10.7. The molecule has 0 amide bonds. The second kappa shape index (κ2) is 2.92. The van der Waals surface area contributed by atoms with Gasteiger partial charge in [-0.05, 0) is 6.08 Å². The van der Waals surface area contributed by atoms with Crippen molar-refractivity contribution in [2.24, 2.45) is 7.05 Å². The van der Waals surface area contributed by atoms with Gasteiger partial charge < -0.3 is 4.57 Å². The van der Waals surface area contributed by atoms with E-state index in [-0.39, 0.29) is 0 Å². The first-order valence-corrected chi connectivity index (χ1v) is 4.06. The van der Waals surface area contributed by atoms with Crippen molar-refractivity contribution in [1.82, 2.24) is 4.57 Å². The van der Waals surface area contributed by atoms with Crippen LogP contribution in [0.1, 0.15) is 21.6 Å². The van der Waals surface area contributed by atoms with Crippen LogP contribution >= 0.6 is 0 Å². The SMILES string of the molecule is Cn1cc(C=O)c2c1C=C=CC=C2. The second-order valence-electron chi connectivity index (χ2n) is 2.95. The molecule has 0 spiro atoms. The van der Waals surface area contributed by atoms with Crippen molar-refractivity contribution >= 4 is 18.4 Å². The van der Waals surface area contributed by atoms with E-state index in [0.717, 1.165) is 23.1 Å². The number of nitrogens with zero attached hydrogens (tertiary/aromatic N) is 1. The van der Waals surface area contributed by atoms with Crippen LogP contribution in [-0.4, -0.2) is 10.9 Å². The average molecular weight is 171 g/mol. The number of carbonyl (C=O) groups excluding carboxylic acids is 1. The van der Waals surface area contributed by atoms with Crippen molar-refractivity contribution in [2.75, 3.05) is 0 Å². The van der Waals surface area contributed by atoms with Crippen LogP contribution in [0.3, 0.4) is 0 Å². The van der Waals surface area contributed by atoms with E-state index in [2.05, 4.69) is 5.73 Å². The first-order chi connectivity index (χ1) is 6.33. The average Bonchev–Trinajstić information content (AvgIpc) is 2.38. The predicted octanol–water partition coefficient (Wildman–Crippen LogP) is 2.03. The molecule has 0 fully saturated rings. The molecule has 1 heterocycles. The predicted molar refractivity (Wildman–Crippen MR) is 52.4 cm³/mol. The fraction of sp³-hybridized carbons (Fsp3) is 0.0909. The van der Waals surface area contributed by atoms with Gasteiger partial charge in [-0.1, -0.05) is 12.2 Å². The summed E-state index contributed by atoms with van der Waals surface area (Å²) < 4.78 is 1.93. The molecular weight excluding hydrogens is 162 g/mol. The molecule has 13 heavy (non-hydrogen) atoms. The first-order valence-electron chi connectivity index (χ1n) is 4.06. The van der Waals surface area contributed by atoms with Crippen molar-refractivity contribution < 1.29 is 4.79 Å². The zero-order valence-corrected chi connectivity index (χ0v) is 7.32. The zero-order valence-electron chi connectivity index (χ0n) is 7.32. The highest BCUT2D eigenvalue weighted by Crippen LogP contribution is 2.19. The molecule has 0 saturated carbocycles. The third kappa shape index (κ3) is 1.17. The Hall–Kier alpha value is -1.79. The minimum atomic E-state index is 0.724. The summed E-state index contributed by atoms with van der Waals surface area (Å²) in [4.78, 5) is 10.7. The first kappa shape index (κ1) is 7.84. The van der Waals surface area contributed by atoms with Gasteiger partial charge in [-0.3, -0.25) is 4.79 Å². The van der Waals surface area contributed by atoms with Crippen molar-refractivity contribution in [3.63, 3.8) is 0 Å². The number of rotatable bonds is 1. The van der Waals surface area contributed by atoms with Gasteiger partial charge in [0, 0.05) is 30.4 Å². The highest BCUT2D eigenvalue weighted by molar-refractivity contribution is 5.85. The molecule has 1 aromatic heterocycles. The van der Waals surface area contributed by atoms with E-state index in [1.807, 2.05) is 42.1 Å². The lowest BCUT2D eigenvalue weighted by Gasteiger charge is -1.95. The Morgan fingerprint density at radius 1 is 1.54 bits per heavy atom. The molecule has 0 saturated heterocycles. The molecule has 2 nitrogen and oxygen atoms in total. The Morgan fingerprint density at radius 2 is 2.38 bits per heavy atom. The van der Waals surface area contributed by atoms with E-state index in [1.165, 1.54) is 0 Å². The van der Waals surface area contributed by atoms with Gasteiger partial charge in [0.2, 0.25) is 0 Å². The Morgan fingerprint density at radius 3 is 3.15 bits per heavy atom. The molecule has 64 valence electrons. The summed E-state index contributed by atoms with van der Waals surface area (Å²) in [5.74, 6) is 0. The minimum Gasteiger partial charge on any atom is -0.349 e. The summed E-state index contributed by atoms with van der Waals surface area (Å²) in [6, 6.07) is 0. The minimum absolute atomic E-state index is 0.724. The number of aryl methyl sites for hydroxylation is 1. The molecule has 0 N–H and O–H groups in total. The molecule has 0 radical (unpaired) electrons. The maximum atomic E-state index is 10.7. The summed E-state index contributed by atoms with van der Waals surface area (Å²) in [5.41, 5.74) is 5.72. The number of hydrogen-bond acceptors (Lipinski definition) is 1. The number of aromatic nitrogens is 1. The molecule has 0 aliphatic heterocycles. The lowest BCUT2D eigenvalue weighted by molar-refractivity contribution is 0.112. The normalized spacial score (nSPS) is 12.7. The third-order valence-corrected chi connectivity index (χ3v) is 2.10. The van der Waals surface area contributed by atoms with E-state index < -0.39 is 0 Å². The zero-order chi connectivity index (χ0) is 9.26.